The molecular formula is C13H17N5O3. The van der Waals surface area contributed by atoms with Gasteiger partial charge in [-0.1, -0.05) is 10.3 Å². The molecule has 3 rings (SSSR count). The van der Waals surface area contributed by atoms with E-state index in [1.807, 2.05) is 0 Å². The Balaban J connectivity index is 1.87. The van der Waals surface area contributed by atoms with Crippen molar-refractivity contribution in [3.63, 3.8) is 0 Å². The molecule has 112 valence electrons. The van der Waals surface area contributed by atoms with Gasteiger partial charge in [-0.2, -0.15) is 0 Å². The van der Waals surface area contributed by atoms with Crippen molar-refractivity contribution in [1.29, 1.82) is 0 Å². The van der Waals surface area contributed by atoms with Crippen molar-refractivity contribution in [2.24, 2.45) is 5.73 Å². The first kappa shape index (κ1) is 13.8. The SMILES string of the molecule is CN1CCN(Cc2onc(C(N)=O)c2-c2ccno2)CC1. The zero-order valence-electron chi connectivity index (χ0n) is 11.8. The lowest BCUT2D eigenvalue weighted by Gasteiger charge is -2.31. The molecule has 2 aromatic heterocycles. The highest BCUT2D eigenvalue weighted by atomic mass is 16.5. The van der Waals surface area contributed by atoms with Crippen molar-refractivity contribution in [3.8, 4) is 11.3 Å². The molecule has 1 fully saturated rings. The second-order valence-corrected chi connectivity index (χ2v) is 5.15. The Hall–Kier alpha value is -2.19. The standard InChI is InChI=1S/C13H17N5O3/c1-17-4-6-18(7-5-17)8-10-11(9-2-3-15-20-9)12(13(14)19)16-21-10/h2-3H,4-8H2,1H3,(H2,14,19). The number of piperazine rings is 1. The molecule has 0 atom stereocenters. The van der Waals surface area contributed by atoms with Gasteiger partial charge in [-0.05, 0) is 7.05 Å². The van der Waals surface area contributed by atoms with Crippen LogP contribution in [0.2, 0.25) is 0 Å². The number of nitrogens with two attached hydrogens (primary N) is 1. The van der Waals surface area contributed by atoms with Crippen LogP contribution in [0, 0.1) is 0 Å². The van der Waals surface area contributed by atoms with Gasteiger partial charge in [0.1, 0.15) is 0 Å². The first-order chi connectivity index (χ1) is 10.1. The minimum absolute atomic E-state index is 0.0795. The maximum absolute atomic E-state index is 11.5. The minimum atomic E-state index is -0.644. The van der Waals surface area contributed by atoms with E-state index in [-0.39, 0.29) is 5.69 Å². The van der Waals surface area contributed by atoms with Crippen LogP contribution in [-0.2, 0) is 6.54 Å². The van der Waals surface area contributed by atoms with Crippen LogP contribution in [0.5, 0.6) is 0 Å². The summed E-state index contributed by atoms with van der Waals surface area (Å²) in [4.78, 5) is 16.0. The fourth-order valence-electron chi connectivity index (χ4n) is 2.41. The highest BCUT2D eigenvalue weighted by Gasteiger charge is 2.26. The van der Waals surface area contributed by atoms with Gasteiger partial charge in [-0.25, -0.2) is 0 Å². The summed E-state index contributed by atoms with van der Waals surface area (Å²) in [7, 11) is 2.09. The summed E-state index contributed by atoms with van der Waals surface area (Å²) in [6, 6.07) is 1.66. The number of hydrogen-bond donors (Lipinski definition) is 1. The summed E-state index contributed by atoms with van der Waals surface area (Å²) in [5.41, 5.74) is 5.92. The van der Waals surface area contributed by atoms with Gasteiger partial charge in [0.2, 0.25) is 0 Å². The lowest BCUT2D eigenvalue weighted by atomic mass is 10.1. The van der Waals surface area contributed by atoms with Crippen LogP contribution in [0.15, 0.2) is 21.3 Å². The third-order valence-corrected chi connectivity index (χ3v) is 3.64. The molecule has 0 spiro atoms. The molecule has 1 aliphatic rings. The molecule has 0 bridgehead atoms. The zero-order valence-corrected chi connectivity index (χ0v) is 11.8. The number of primary amides is 1. The number of rotatable bonds is 4. The van der Waals surface area contributed by atoms with Gasteiger partial charge < -0.3 is 19.7 Å². The average molecular weight is 291 g/mol. The molecule has 1 aliphatic heterocycles. The molecule has 3 heterocycles. The molecule has 1 amide bonds. The van der Waals surface area contributed by atoms with E-state index >= 15 is 0 Å². The van der Waals surface area contributed by atoms with E-state index in [1.54, 1.807) is 6.07 Å². The average Bonchev–Trinajstić information content (AvgIpc) is 3.10. The van der Waals surface area contributed by atoms with E-state index < -0.39 is 5.91 Å². The van der Waals surface area contributed by atoms with Crippen molar-refractivity contribution in [1.82, 2.24) is 20.1 Å². The monoisotopic (exact) mass is 291 g/mol. The fraction of sp³-hybridized carbons (Fsp3) is 0.462. The number of nitrogens with zero attached hydrogens (tertiary/aromatic N) is 4. The van der Waals surface area contributed by atoms with Crippen molar-refractivity contribution < 1.29 is 13.8 Å². The topological polar surface area (TPSA) is 102 Å². The Bertz CT molecular complexity index is 614. The largest absolute Gasteiger partial charge is 0.364 e. The Morgan fingerprint density at radius 2 is 2.10 bits per heavy atom. The van der Waals surface area contributed by atoms with Crippen molar-refractivity contribution >= 4 is 5.91 Å². The third-order valence-electron chi connectivity index (χ3n) is 3.64. The molecule has 0 saturated carbocycles. The molecule has 8 nitrogen and oxygen atoms in total. The number of likely N-dealkylation sites (N-methyl/N-ethyl adjacent to an activating group) is 1. The molecule has 2 aromatic rings. The van der Waals surface area contributed by atoms with E-state index in [4.69, 9.17) is 14.8 Å². The highest BCUT2D eigenvalue weighted by Crippen LogP contribution is 2.28. The first-order valence-corrected chi connectivity index (χ1v) is 6.75. The van der Waals surface area contributed by atoms with Crippen LogP contribution in [0.3, 0.4) is 0 Å². The van der Waals surface area contributed by atoms with Crippen LogP contribution in [0.4, 0.5) is 0 Å². The Labute approximate surface area is 121 Å². The lowest BCUT2D eigenvalue weighted by Crippen LogP contribution is -2.43. The first-order valence-electron chi connectivity index (χ1n) is 6.75. The van der Waals surface area contributed by atoms with Gasteiger partial charge in [0, 0.05) is 32.2 Å². The summed E-state index contributed by atoms with van der Waals surface area (Å²) in [6.45, 7) is 4.41. The van der Waals surface area contributed by atoms with Crippen LogP contribution >= 0.6 is 0 Å². The molecule has 0 unspecified atom stereocenters. The number of carbonyl (C=O) groups excluding carboxylic acids is 1. The highest BCUT2D eigenvalue weighted by molar-refractivity contribution is 5.97. The Kier molecular flexibility index (Phi) is 3.72. The second kappa shape index (κ2) is 5.66. The van der Waals surface area contributed by atoms with E-state index in [2.05, 4.69) is 27.2 Å². The molecule has 0 aliphatic carbocycles. The van der Waals surface area contributed by atoms with E-state index in [0.717, 1.165) is 26.2 Å². The molecule has 0 radical (unpaired) electrons. The lowest BCUT2D eigenvalue weighted by molar-refractivity contribution is 0.0991. The number of aromatic nitrogens is 2. The second-order valence-electron chi connectivity index (χ2n) is 5.15. The van der Waals surface area contributed by atoms with Gasteiger partial charge in [-0.15, -0.1) is 0 Å². The van der Waals surface area contributed by atoms with Gasteiger partial charge >= 0.3 is 0 Å². The van der Waals surface area contributed by atoms with Crippen LogP contribution < -0.4 is 5.73 Å². The summed E-state index contributed by atoms with van der Waals surface area (Å²) in [5.74, 6) is 0.369. The number of carbonyl (C=O) groups is 1. The predicted molar refractivity (Wildman–Crippen MR) is 73.3 cm³/mol. The normalized spacial score (nSPS) is 17.2. The fourth-order valence-corrected chi connectivity index (χ4v) is 2.41. The Morgan fingerprint density at radius 3 is 2.71 bits per heavy atom. The van der Waals surface area contributed by atoms with E-state index in [0.29, 0.717) is 23.6 Å². The summed E-state index contributed by atoms with van der Waals surface area (Å²) in [6.07, 6.45) is 1.51. The molecule has 0 aromatic carbocycles. The van der Waals surface area contributed by atoms with Crippen molar-refractivity contribution in [3.05, 3.63) is 23.7 Å². The third kappa shape index (κ3) is 2.81. The molecule has 2 N–H and O–H groups in total. The molecular weight excluding hydrogens is 274 g/mol. The maximum atomic E-state index is 11.5. The molecule has 1 saturated heterocycles. The van der Waals surface area contributed by atoms with Gasteiger partial charge in [-0.3, -0.25) is 9.69 Å². The van der Waals surface area contributed by atoms with Crippen molar-refractivity contribution in [2.75, 3.05) is 33.2 Å². The van der Waals surface area contributed by atoms with Gasteiger partial charge in [0.25, 0.3) is 5.91 Å². The molecule has 8 heteroatoms. The van der Waals surface area contributed by atoms with Gasteiger partial charge in [0.15, 0.2) is 17.2 Å². The van der Waals surface area contributed by atoms with Crippen LogP contribution in [0.25, 0.3) is 11.3 Å². The predicted octanol–water partition coefficient (Wildman–Crippen LogP) is 0.176. The summed E-state index contributed by atoms with van der Waals surface area (Å²) < 4.78 is 10.4. The van der Waals surface area contributed by atoms with Crippen LogP contribution in [-0.4, -0.2) is 59.2 Å². The molecule has 21 heavy (non-hydrogen) atoms. The van der Waals surface area contributed by atoms with E-state index in [9.17, 15) is 4.79 Å². The number of hydrogen-bond acceptors (Lipinski definition) is 7. The van der Waals surface area contributed by atoms with E-state index in [1.165, 1.54) is 6.20 Å². The summed E-state index contributed by atoms with van der Waals surface area (Å²) in [5, 5.41) is 7.44. The minimum Gasteiger partial charge on any atom is -0.364 e. The van der Waals surface area contributed by atoms with Crippen molar-refractivity contribution in [2.45, 2.75) is 6.54 Å². The quantitative estimate of drug-likeness (QED) is 0.857. The zero-order chi connectivity index (χ0) is 14.8. The van der Waals surface area contributed by atoms with Crippen LogP contribution in [0.1, 0.15) is 16.2 Å². The smallest absolute Gasteiger partial charge is 0.271 e. The number of amides is 1. The Morgan fingerprint density at radius 1 is 1.33 bits per heavy atom. The maximum Gasteiger partial charge on any atom is 0.271 e. The van der Waals surface area contributed by atoms with Gasteiger partial charge in [0.05, 0.1) is 18.3 Å². The summed E-state index contributed by atoms with van der Waals surface area (Å²) >= 11 is 0.